The van der Waals surface area contributed by atoms with Crippen LogP contribution in [-0.4, -0.2) is 36.3 Å². The second kappa shape index (κ2) is 5.16. The second-order valence-electron chi connectivity index (χ2n) is 3.59. The van der Waals surface area contributed by atoms with Crippen LogP contribution < -0.4 is 14.8 Å². The maximum absolute atomic E-state index is 8.92. The van der Waals surface area contributed by atoms with Crippen molar-refractivity contribution in [2.75, 3.05) is 20.0 Å². The van der Waals surface area contributed by atoms with E-state index in [2.05, 4.69) is 5.32 Å². The molecule has 0 saturated heterocycles. The third kappa shape index (κ3) is 2.27. The van der Waals surface area contributed by atoms with E-state index in [9.17, 15) is 0 Å². The molecule has 0 radical (unpaired) electrons. The van der Waals surface area contributed by atoms with Crippen molar-refractivity contribution in [3.8, 4) is 11.5 Å². The molecule has 0 unspecified atom stereocenters. The number of fused-ring (bicyclic) bond motifs is 1. The molecule has 1 aliphatic rings. The topological polar surface area (TPSA) is 71.0 Å². The van der Waals surface area contributed by atoms with Crippen molar-refractivity contribution in [2.45, 2.75) is 12.6 Å². The summed E-state index contributed by atoms with van der Waals surface area (Å²) in [5.74, 6) is 1.48. The Morgan fingerprint density at radius 2 is 2.06 bits per heavy atom. The van der Waals surface area contributed by atoms with Crippen LogP contribution in [0.25, 0.3) is 0 Å². The van der Waals surface area contributed by atoms with E-state index in [-0.39, 0.29) is 26.0 Å². The van der Waals surface area contributed by atoms with Gasteiger partial charge in [0.15, 0.2) is 11.5 Å². The average Bonchev–Trinajstić information content (AvgIpc) is 2.79. The fourth-order valence-corrected chi connectivity index (χ4v) is 1.57. The summed E-state index contributed by atoms with van der Waals surface area (Å²) in [6.07, 6.45) is 0. The highest BCUT2D eigenvalue weighted by molar-refractivity contribution is 5.48. The molecule has 0 aliphatic carbocycles. The summed E-state index contributed by atoms with van der Waals surface area (Å²) in [6, 6.07) is 5.35. The molecule has 1 aliphatic heterocycles. The Morgan fingerprint density at radius 3 is 2.81 bits per heavy atom. The monoisotopic (exact) mass is 225 g/mol. The lowest BCUT2D eigenvalue weighted by molar-refractivity contribution is 0.166. The number of benzene rings is 1. The largest absolute Gasteiger partial charge is 0.454 e. The van der Waals surface area contributed by atoms with Gasteiger partial charge in [0.05, 0.1) is 19.3 Å². The number of aliphatic hydroxyl groups excluding tert-OH is 2. The molecule has 0 fully saturated rings. The molecule has 1 aromatic carbocycles. The molecule has 5 heteroatoms. The highest BCUT2D eigenvalue weighted by Crippen LogP contribution is 2.35. The van der Waals surface area contributed by atoms with E-state index in [4.69, 9.17) is 19.7 Å². The first-order valence-electron chi connectivity index (χ1n) is 5.17. The number of nitrogens with one attached hydrogen (secondary N) is 1. The van der Waals surface area contributed by atoms with Gasteiger partial charge in [-0.15, -0.1) is 0 Å². The van der Waals surface area contributed by atoms with E-state index in [0.717, 1.165) is 17.1 Å². The minimum Gasteiger partial charge on any atom is -0.454 e. The quantitative estimate of drug-likeness (QED) is 0.650. The fraction of sp³-hybridized carbons (Fsp3) is 0.455. The van der Waals surface area contributed by atoms with Crippen LogP contribution in [0.3, 0.4) is 0 Å². The van der Waals surface area contributed by atoms with Gasteiger partial charge in [-0.2, -0.15) is 0 Å². The lowest BCUT2D eigenvalue weighted by Gasteiger charge is -2.14. The Morgan fingerprint density at radius 1 is 1.25 bits per heavy atom. The molecule has 0 aromatic heterocycles. The zero-order valence-corrected chi connectivity index (χ0v) is 8.85. The van der Waals surface area contributed by atoms with Gasteiger partial charge in [-0.25, -0.2) is 0 Å². The molecule has 1 aromatic rings. The van der Waals surface area contributed by atoms with Gasteiger partial charge >= 0.3 is 0 Å². The standard InChI is InChI=1S/C11H15NO4/c13-5-9(6-14)12-4-8-2-1-3-10-11(8)16-7-15-10/h1-3,9,12-14H,4-7H2. The lowest BCUT2D eigenvalue weighted by atomic mass is 10.1. The SMILES string of the molecule is OCC(CO)NCc1cccc2c1OCO2. The van der Waals surface area contributed by atoms with Crippen molar-refractivity contribution in [3.05, 3.63) is 23.8 Å². The Bertz CT molecular complexity index is 352. The maximum Gasteiger partial charge on any atom is 0.231 e. The second-order valence-corrected chi connectivity index (χ2v) is 3.59. The smallest absolute Gasteiger partial charge is 0.231 e. The molecule has 88 valence electrons. The van der Waals surface area contributed by atoms with Gasteiger partial charge in [-0.1, -0.05) is 12.1 Å². The lowest BCUT2D eigenvalue weighted by Crippen LogP contribution is -2.35. The van der Waals surface area contributed by atoms with E-state index < -0.39 is 0 Å². The van der Waals surface area contributed by atoms with Crippen LogP contribution in [0, 0.1) is 0 Å². The summed E-state index contributed by atoms with van der Waals surface area (Å²) in [4.78, 5) is 0. The molecule has 0 atom stereocenters. The van der Waals surface area contributed by atoms with Crippen LogP contribution in [-0.2, 0) is 6.54 Å². The van der Waals surface area contributed by atoms with Crippen molar-refractivity contribution >= 4 is 0 Å². The van der Waals surface area contributed by atoms with E-state index in [0.29, 0.717) is 6.54 Å². The molecular weight excluding hydrogens is 210 g/mol. The Hall–Kier alpha value is -1.30. The van der Waals surface area contributed by atoms with Crippen LogP contribution >= 0.6 is 0 Å². The maximum atomic E-state index is 8.92. The first-order chi connectivity index (χ1) is 7.85. The number of aliphatic hydroxyl groups is 2. The predicted octanol–water partition coefficient (Wildman–Crippen LogP) is -0.142. The zero-order chi connectivity index (χ0) is 11.4. The van der Waals surface area contributed by atoms with Crippen LogP contribution in [0.2, 0.25) is 0 Å². The first-order valence-corrected chi connectivity index (χ1v) is 5.17. The number of rotatable bonds is 5. The molecular formula is C11H15NO4. The van der Waals surface area contributed by atoms with Gasteiger partial charge in [0.2, 0.25) is 6.79 Å². The van der Waals surface area contributed by atoms with E-state index in [1.807, 2.05) is 18.2 Å². The van der Waals surface area contributed by atoms with E-state index in [1.54, 1.807) is 0 Å². The van der Waals surface area contributed by atoms with Gasteiger partial charge in [0, 0.05) is 12.1 Å². The highest BCUT2D eigenvalue weighted by atomic mass is 16.7. The molecule has 0 bridgehead atoms. The number of hydrogen-bond donors (Lipinski definition) is 3. The van der Waals surface area contributed by atoms with Gasteiger partial charge in [0.1, 0.15) is 0 Å². The Labute approximate surface area is 93.6 Å². The third-order valence-corrected chi connectivity index (χ3v) is 2.50. The summed E-state index contributed by atoms with van der Waals surface area (Å²) >= 11 is 0. The molecule has 3 N–H and O–H groups in total. The molecule has 1 heterocycles. The minimum atomic E-state index is -0.307. The molecule has 0 amide bonds. The number of ether oxygens (including phenoxy) is 2. The van der Waals surface area contributed by atoms with Crippen molar-refractivity contribution in [3.63, 3.8) is 0 Å². The predicted molar refractivity (Wildman–Crippen MR) is 57.4 cm³/mol. The third-order valence-electron chi connectivity index (χ3n) is 2.50. The Kier molecular flexibility index (Phi) is 3.61. The summed E-state index contributed by atoms with van der Waals surface area (Å²) in [5, 5.41) is 20.9. The first kappa shape index (κ1) is 11.2. The van der Waals surface area contributed by atoms with Gasteiger partial charge in [-0.05, 0) is 6.07 Å². The molecule has 0 saturated carbocycles. The van der Waals surface area contributed by atoms with Crippen molar-refractivity contribution in [1.29, 1.82) is 0 Å². The van der Waals surface area contributed by atoms with Crippen molar-refractivity contribution < 1.29 is 19.7 Å². The summed E-state index contributed by atoms with van der Waals surface area (Å²) < 4.78 is 10.6. The van der Waals surface area contributed by atoms with E-state index in [1.165, 1.54) is 0 Å². The van der Waals surface area contributed by atoms with Crippen LogP contribution in [0.15, 0.2) is 18.2 Å². The van der Waals surface area contributed by atoms with E-state index >= 15 is 0 Å². The molecule has 0 spiro atoms. The zero-order valence-electron chi connectivity index (χ0n) is 8.85. The van der Waals surface area contributed by atoms with Crippen LogP contribution in [0.1, 0.15) is 5.56 Å². The summed E-state index contributed by atoms with van der Waals surface area (Å²) in [5.41, 5.74) is 0.960. The van der Waals surface area contributed by atoms with Gasteiger partial charge in [0.25, 0.3) is 0 Å². The number of hydrogen-bond acceptors (Lipinski definition) is 5. The van der Waals surface area contributed by atoms with Crippen molar-refractivity contribution in [2.24, 2.45) is 0 Å². The molecule has 16 heavy (non-hydrogen) atoms. The van der Waals surface area contributed by atoms with Crippen molar-refractivity contribution in [1.82, 2.24) is 5.32 Å². The molecule has 2 rings (SSSR count). The minimum absolute atomic E-state index is 0.0944. The van der Waals surface area contributed by atoms with Gasteiger partial charge in [-0.3, -0.25) is 0 Å². The number of para-hydroxylation sites is 1. The fourth-order valence-electron chi connectivity index (χ4n) is 1.57. The van der Waals surface area contributed by atoms with Crippen LogP contribution in [0.5, 0.6) is 11.5 Å². The van der Waals surface area contributed by atoms with Gasteiger partial charge < -0.3 is 25.0 Å². The average molecular weight is 225 g/mol. The molecule has 5 nitrogen and oxygen atoms in total. The Balaban J connectivity index is 2.02. The summed E-state index contributed by atoms with van der Waals surface area (Å²) in [7, 11) is 0. The normalized spacial score (nSPS) is 13.4. The van der Waals surface area contributed by atoms with Crippen LogP contribution in [0.4, 0.5) is 0 Å². The summed E-state index contributed by atoms with van der Waals surface area (Å²) in [6.45, 7) is 0.583. The highest BCUT2D eigenvalue weighted by Gasteiger charge is 2.17.